The number of H-pyrrole nitrogens is 1. The summed E-state index contributed by atoms with van der Waals surface area (Å²) < 4.78 is 0. The molecular formula is C13H10N2O. The molecule has 3 rings (SSSR count). The number of benzene rings is 2. The van der Waals surface area contributed by atoms with Crippen LogP contribution in [0.1, 0.15) is 0 Å². The zero-order valence-electron chi connectivity index (χ0n) is 8.51. The number of para-hydroxylation sites is 1. The Labute approximate surface area is 92.4 Å². The third-order valence-corrected chi connectivity index (χ3v) is 2.63. The van der Waals surface area contributed by atoms with Crippen LogP contribution in [-0.2, 0) is 0 Å². The van der Waals surface area contributed by atoms with Crippen LogP contribution in [-0.4, -0.2) is 15.1 Å². The zero-order chi connectivity index (χ0) is 11.0. The third-order valence-electron chi connectivity index (χ3n) is 2.63. The van der Waals surface area contributed by atoms with Crippen molar-refractivity contribution in [2.24, 2.45) is 0 Å². The number of hydrogen-bond donors (Lipinski definition) is 2. The number of nitrogens with one attached hydrogen (secondary N) is 1. The average molecular weight is 210 g/mol. The molecule has 0 unspecified atom stereocenters. The van der Waals surface area contributed by atoms with Gasteiger partial charge in [-0.2, -0.15) is 0 Å². The average Bonchev–Trinajstić information content (AvgIpc) is 2.78. The van der Waals surface area contributed by atoms with Gasteiger partial charge in [0.2, 0.25) is 0 Å². The first kappa shape index (κ1) is 8.97. The molecule has 3 aromatic rings. The number of fused-ring (bicyclic) bond motifs is 1. The van der Waals surface area contributed by atoms with Crippen LogP contribution in [0.4, 0.5) is 0 Å². The van der Waals surface area contributed by atoms with Crippen molar-refractivity contribution in [1.29, 1.82) is 0 Å². The summed E-state index contributed by atoms with van der Waals surface area (Å²) in [6.45, 7) is 0. The number of hydrogen-bond acceptors (Lipinski definition) is 2. The molecule has 0 fully saturated rings. The molecule has 0 atom stereocenters. The summed E-state index contributed by atoms with van der Waals surface area (Å²) in [5.74, 6) is 0.276. The summed E-state index contributed by atoms with van der Waals surface area (Å²) in [7, 11) is 0. The lowest BCUT2D eigenvalue weighted by molar-refractivity contribution is 0.475. The van der Waals surface area contributed by atoms with Gasteiger partial charge in [-0.15, -0.1) is 0 Å². The van der Waals surface area contributed by atoms with E-state index in [0.29, 0.717) is 0 Å². The fourth-order valence-corrected chi connectivity index (χ4v) is 1.84. The molecule has 0 spiro atoms. The van der Waals surface area contributed by atoms with Crippen molar-refractivity contribution < 1.29 is 5.11 Å². The maximum Gasteiger partial charge on any atom is 0.115 e. The number of aromatic nitrogens is 2. The minimum absolute atomic E-state index is 0.276. The molecule has 0 saturated carbocycles. The monoisotopic (exact) mass is 210 g/mol. The van der Waals surface area contributed by atoms with Crippen LogP contribution < -0.4 is 0 Å². The Morgan fingerprint density at radius 2 is 1.81 bits per heavy atom. The van der Waals surface area contributed by atoms with Gasteiger partial charge < -0.3 is 10.1 Å². The number of rotatable bonds is 1. The Bertz CT molecular complexity index is 626. The molecule has 3 heteroatoms. The van der Waals surface area contributed by atoms with E-state index in [9.17, 15) is 5.11 Å². The van der Waals surface area contributed by atoms with E-state index in [2.05, 4.69) is 9.97 Å². The van der Waals surface area contributed by atoms with Crippen molar-refractivity contribution in [3.8, 4) is 16.9 Å². The molecule has 0 amide bonds. The highest BCUT2D eigenvalue weighted by Gasteiger charge is 2.04. The first-order valence-corrected chi connectivity index (χ1v) is 5.06. The fourth-order valence-electron chi connectivity index (χ4n) is 1.84. The van der Waals surface area contributed by atoms with E-state index in [-0.39, 0.29) is 5.75 Å². The van der Waals surface area contributed by atoms with Crippen molar-refractivity contribution in [3.63, 3.8) is 0 Å². The summed E-state index contributed by atoms with van der Waals surface area (Å²) in [6, 6.07) is 13.1. The largest absolute Gasteiger partial charge is 0.508 e. The summed E-state index contributed by atoms with van der Waals surface area (Å²) in [5, 5.41) is 9.26. The Balaban J connectivity index is 2.25. The summed E-state index contributed by atoms with van der Waals surface area (Å²) in [4.78, 5) is 7.38. The molecule has 16 heavy (non-hydrogen) atoms. The third kappa shape index (κ3) is 1.34. The second-order valence-corrected chi connectivity index (χ2v) is 3.65. The SMILES string of the molecule is Oc1ccc(-c2cccc3[nH]cnc23)cc1. The minimum Gasteiger partial charge on any atom is -0.508 e. The lowest BCUT2D eigenvalue weighted by Gasteiger charge is -2.02. The lowest BCUT2D eigenvalue weighted by Crippen LogP contribution is -1.79. The first-order chi connectivity index (χ1) is 7.84. The molecule has 1 aromatic heterocycles. The highest BCUT2D eigenvalue weighted by molar-refractivity contribution is 5.91. The van der Waals surface area contributed by atoms with Crippen LogP contribution in [0.3, 0.4) is 0 Å². The Morgan fingerprint density at radius 3 is 2.62 bits per heavy atom. The summed E-state index contributed by atoms with van der Waals surface area (Å²) in [6.07, 6.45) is 1.69. The second-order valence-electron chi connectivity index (χ2n) is 3.65. The van der Waals surface area contributed by atoms with E-state index < -0.39 is 0 Å². The van der Waals surface area contributed by atoms with E-state index in [1.165, 1.54) is 0 Å². The van der Waals surface area contributed by atoms with Crippen LogP contribution in [0, 0.1) is 0 Å². The van der Waals surface area contributed by atoms with Gasteiger partial charge in [0.1, 0.15) is 5.75 Å². The van der Waals surface area contributed by atoms with Crippen LogP contribution in [0.2, 0.25) is 0 Å². The first-order valence-electron chi connectivity index (χ1n) is 5.06. The molecular weight excluding hydrogens is 200 g/mol. The number of nitrogens with zero attached hydrogens (tertiary/aromatic N) is 1. The Kier molecular flexibility index (Phi) is 1.90. The topological polar surface area (TPSA) is 48.9 Å². The molecule has 0 aliphatic heterocycles. The quantitative estimate of drug-likeness (QED) is 0.648. The molecule has 1 heterocycles. The predicted molar refractivity (Wildman–Crippen MR) is 63.2 cm³/mol. The number of phenols is 1. The van der Waals surface area contributed by atoms with E-state index in [1.807, 2.05) is 30.3 Å². The van der Waals surface area contributed by atoms with Gasteiger partial charge in [-0.05, 0) is 23.8 Å². The van der Waals surface area contributed by atoms with Crippen molar-refractivity contribution in [2.45, 2.75) is 0 Å². The number of aromatic hydroxyl groups is 1. The van der Waals surface area contributed by atoms with E-state index in [1.54, 1.807) is 18.5 Å². The van der Waals surface area contributed by atoms with E-state index in [4.69, 9.17) is 0 Å². The molecule has 2 aromatic carbocycles. The molecule has 0 bridgehead atoms. The van der Waals surface area contributed by atoms with Crippen LogP contribution in [0.5, 0.6) is 5.75 Å². The highest BCUT2D eigenvalue weighted by atomic mass is 16.3. The zero-order valence-corrected chi connectivity index (χ0v) is 8.51. The number of imidazole rings is 1. The maximum atomic E-state index is 9.26. The van der Waals surface area contributed by atoms with E-state index in [0.717, 1.165) is 22.2 Å². The van der Waals surface area contributed by atoms with Gasteiger partial charge >= 0.3 is 0 Å². The van der Waals surface area contributed by atoms with Gasteiger partial charge in [-0.25, -0.2) is 4.98 Å². The molecule has 0 aliphatic rings. The van der Waals surface area contributed by atoms with Crippen LogP contribution in [0.25, 0.3) is 22.2 Å². The molecule has 0 aliphatic carbocycles. The number of aromatic amines is 1. The summed E-state index contributed by atoms with van der Waals surface area (Å²) in [5.41, 5.74) is 4.09. The van der Waals surface area contributed by atoms with Gasteiger partial charge in [0.05, 0.1) is 17.4 Å². The van der Waals surface area contributed by atoms with Gasteiger partial charge in [0.25, 0.3) is 0 Å². The molecule has 0 saturated heterocycles. The molecule has 0 radical (unpaired) electrons. The van der Waals surface area contributed by atoms with Crippen molar-refractivity contribution in [3.05, 3.63) is 48.8 Å². The maximum absolute atomic E-state index is 9.26. The Hall–Kier alpha value is -2.29. The minimum atomic E-state index is 0.276. The van der Waals surface area contributed by atoms with Gasteiger partial charge in [0.15, 0.2) is 0 Å². The van der Waals surface area contributed by atoms with Crippen LogP contribution >= 0.6 is 0 Å². The highest BCUT2D eigenvalue weighted by Crippen LogP contribution is 2.27. The number of phenolic OH excluding ortho intramolecular Hbond substituents is 1. The normalized spacial score (nSPS) is 10.8. The van der Waals surface area contributed by atoms with Crippen molar-refractivity contribution in [1.82, 2.24) is 9.97 Å². The van der Waals surface area contributed by atoms with Gasteiger partial charge in [0, 0.05) is 5.56 Å². The summed E-state index contributed by atoms with van der Waals surface area (Å²) >= 11 is 0. The second kappa shape index (κ2) is 3.38. The standard InChI is InChI=1S/C13H10N2O/c16-10-6-4-9(5-7-10)11-2-1-3-12-13(11)15-8-14-12/h1-8,16H,(H,14,15). The van der Waals surface area contributed by atoms with Crippen molar-refractivity contribution >= 4 is 11.0 Å². The van der Waals surface area contributed by atoms with Gasteiger partial charge in [-0.1, -0.05) is 24.3 Å². The smallest absolute Gasteiger partial charge is 0.115 e. The molecule has 2 N–H and O–H groups in total. The molecule has 3 nitrogen and oxygen atoms in total. The predicted octanol–water partition coefficient (Wildman–Crippen LogP) is 2.94. The Morgan fingerprint density at radius 1 is 1.00 bits per heavy atom. The van der Waals surface area contributed by atoms with Crippen molar-refractivity contribution in [2.75, 3.05) is 0 Å². The fraction of sp³-hybridized carbons (Fsp3) is 0. The van der Waals surface area contributed by atoms with Gasteiger partial charge in [-0.3, -0.25) is 0 Å². The van der Waals surface area contributed by atoms with E-state index >= 15 is 0 Å². The van der Waals surface area contributed by atoms with Crippen LogP contribution in [0.15, 0.2) is 48.8 Å². The molecule has 78 valence electrons. The lowest BCUT2D eigenvalue weighted by atomic mass is 10.0.